The zero-order valence-corrected chi connectivity index (χ0v) is 12.1. The van der Waals surface area contributed by atoms with Crippen LogP contribution in [0.4, 0.5) is 10.2 Å². The molecule has 7 heteroatoms. The number of hydrogen-bond donors (Lipinski definition) is 2. The predicted molar refractivity (Wildman–Crippen MR) is 81.7 cm³/mol. The van der Waals surface area contributed by atoms with E-state index in [0.29, 0.717) is 11.5 Å². The summed E-state index contributed by atoms with van der Waals surface area (Å²) in [6, 6.07) is 5.88. The second-order valence-electron chi connectivity index (χ2n) is 4.88. The summed E-state index contributed by atoms with van der Waals surface area (Å²) in [7, 11) is 1.79. The van der Waals surface area contributed by atoms with Crippen LogP contribution in [0.3, 0.4) is 0 Å². The van der Waals surface area contributed by atoms with Crippen molar-refractivity contribution in [3.05, 3.63) is 47.4 Å². The number of rotatable bonds is 3. The smallest absolute Gasteiger partial charge is 0.249 e. The molecular weight excluding hydrogens is 285 g/mol. The predicted octanol–water partition coefficient (Wildman–Crippen LogP) is 2.40. The van der Waals surface area contributed by atoms with E-state index in [0.717, 1.165) is 16.6 Å². The van der Waals surface area contributed by atoms with Crippen LogP contribution in [0.2, 0.25) is 0 Å². The lowest BCUT2D eigenvalue weighted by molar-refractivity contribution is -0.111. The third kappa shape index (κ3) is 2.60. The van der Waals surface area contributed by atoms with Crippen LogP contribution in [0.25, 0.3) is 17.1 Å². The highest BCUT2D eigenvalue weighted by atomic mass is 19.1. The number of benzene rings is 1. The molecule has 0 bridgehead atoms. The van der Waals surface area contributed by atoms with Gasteiger partial charge in [-0.15, -0.1) is 0 Å². The molecule has 0 saturated heterocycles. The van der Waals surface area contributed by atoms with Crippen molar-refractivity contribution in [3.63, 3.8) is 0 Å². The molecule has 0 aliphatic heterocycles. The van der Waals surface area contributed by atoms with Crippen molar-refractivity contribution in [2.45, 2.75) is 6.92 Å². The summed E-state index contributed by atoms with van der Waals surface area (Å²) in [6.45, 7) is 1.85. The zero-order valence-electron chi connectivity index (χ0n) is 12.1. The third-order valence-electron chi connectivity index (χ3n) is 3.26. The maximum absolute atomic E-state index is 12.8. The molecule has 2 aromatic heterocycles. The number of aromatic amines is 1. The summed E-state index contributed by atoms with van der Waals surface area (Å²) in [5.74, 6) is -0.110. The molecule has 2 N–H and O–H groups in total. The van der Waals surface area contributed by atoms with E-state index >= 15 is 0 Å². The molecule has 6 nitrogen and oxygen atoms in total. The first-order chi connectivity index (χ1) is 10.5. The highest BCUT2D eigenvalue weighted by Crippen LogP contribution is 2.23. The summed E-state index contributed by atoms with van der Waals surface area (Å²) >= 11 is 0. The Morgan fingerprint density at radius 1 is 1.36 bits per heavy atom. The number of H-pyrrole nitrogens is 1. The molecule has 0 atom stereocenters. The van der Waals surface area contributed by atoms with Crippen molar-refractivity contribution < 1.29 is 9.18 Å². The minimum Gasteiger partial charge on any atom is -0.307 e. The number of nitrogens with one attached hydrogen (secondary N) is 2. The normalized spacial score (nSPS) is 11.4. The molecule has 0 unspecified atom stereocenters. The van der Waals surface area contributed by atoms with Crippen LogP contribution in [0.15, 0.2) is 30.3 Å². The van der Waals surface area contributed by atoms with Gasteiger partial charge in [-0.25, -0.2) is 9.07 Å². The molecule has 0 aliphatic carbocycles. The largest absolute Gasteiger partial charge is 0.307 e. The van der Waals surface area contributed by atoms with Gasteiger partial charge in [0.25, 0.3) is 0 Å². The first-order valence-electron chi connectivity index (χ1n) is 6.67. The van der Waals surface area contributed by atoms with Crippen LogP contribution < -0.4 is 5.32 Å². The summed E-state index contributed by atoms with van der Waals surface area (Å²) in [5, 5.41) is 14.7. The van der Waals surface area contributed by atoms with E-state index in [1.165, 1.54) is 18.2 Å². The number of amides is 1. The molecule has 1 aromatic carbocycles. The number of anilines is 1. The molecule has 2 heterocycles. The van der Waals surface area contributed by atoms with E-state index in [4.69, 9.17) is 0 Å². The lowest BCUT2D eigenvalue weighted by atomic mass is 10.2. The maximum Gasteiger partial charge on any atom is 0.249 e. The second kappa shape index (κ2) is 5.44. The molecule has 22 heavy (non-hydrogen) atoms. The molecule has 3 rings (SSSR count). The van der Waals surface area contributed by atoms with Gasteiger partial charge < -0.3 is 5.32 Å². The van der Waals surface area contributed by atoms with E-state index in [9.17, 15) is 9.18 Å². The topological polar surface area (TPSA) is 75.6 Å². The number of carbonyl (C=O) groups is 1. The van der Waals surface area contributed by atoms with Crippen LogP contribution in [0.5, 0.6) is 0 Å². The summed E-state index contributed by atoms with van der Waals surface area (Å²) in [4.78, 5) is 12.0. The van der Waals surface area contributed by atoms with Crippen LogP contribution in [0.1, 0.15) is 11.3 Å². The van der Waals surface area contributed by atoms with E-state index in [1.807, 2.05) is 6.92 Å². The highest BCUT2D eigenvalue weighted by Gasteiger charge is 2.14. The number of halogens is 1. The molecule has 0 aliphatic rings. The monoisotopic (exact) mass is 299 g/mol. The van der Waals surface area contributed by atoms with E-state index in [-0.39, 0.29) is 11.7 Å². The second-order valence-corrected chi connectivity index (χ2v) is 4.88. The minimum atomic E-state index is -0.312. The fourth-order valence-corrected chi connectivity index (χ4v) is 2.23. The third-order valence-corrected chi connectivity index (χ3v) is 3.26. The minimum absolute atomic E-state index is 0.307. The Hall–Kier alpha value is -2.96. The lowest BCUT2D eigenvalue weighted by Crippen LogP contribution is -2.08. The first kappa shape index (κ1) is 14.0. The molecule has 112 valence electrons. The van der Waals surface area contributed by atoms with Crippen LogP contribution in [0, 0.1) is 12.7 Å². The molecule has 3 aromatic rings. The Labute approximate surface area is 125 Å². The lowest BCUT2D eigenvalue weighted by Gasteiger charge is -1.98. The van der Waals surface area contributed by atoms with Crippen LogP contribution >= 0.6 is 0 Å². The Kier molecular flexibility index (Phi) is 3.46. The molecule has 0 radical (unpaired) electrons. The number of fused-ring (bicyclic) bond motifs is 1. The molecular formula is C15H14FN5O. The van der Waals surface area contributed by atoms with E-state index in [1.54, 1.807) is 29.9 Å². The van der Waals surface area contributed by atoms with Crippen LogP contribution in [-0.4, -0.2) is 25.9 Å². The zero-order chi connectivity index (χ0) is 15.7. The quantitative estimate of drug-likeness (QED) is 0.729. The van der Waals surface area contributed by atoms with Gasteiger partial charge in [-0.1, -0.05) is 12.1 Å². The average Bonchev–Trinajstić information content (AvgIpc) is 3.01. The molecule has 0 spiro atoms. The summed E-state index contributed by atoms with van der Waals surface area (Å²) in [5.41, 5.74) is 2.20. The number of nitrogens with zero attached hydrogens (tertiary/aromatic N) is 3. The molecule has 0 saturated carbocycles. The van der Waals surface area contributed by atoms with Gasteiger partial charge in [-0.05, 0) is 30.7 Å². The van der Waals surface area contributed by atoms with Gasteiger partial charge in [0.15, 0.2) is 5.65 Å². The molecule has 0 fully saturated rings. The summed E-state index contributed by atoms with van der Waals surface area (Å²) < 4.78 is 14.4. The number of aromatic nitrogens is 4. The van der Waals surface area contributed by atoms with Crippen molar-refractivity contribution in [2.75, 3.05) is 5.32 Å². The Morgan fingerprint density at radius 2 is 2.09 bits per heavy atom. The van der Waals surface area contributed by atoms with Gasteiger partial charge in [-0.2, -0.15) is 10.2 Å². The Bertz CT molecular complexity index is 860. The van der Waals surface area contributed by atoms with Gasteiger partial charge in [0.2, 0.25) is 5.91 Å². The van der Waals surface area contributed by atoms with Crippen molar-refractivity contribution in [3.8, 4) is 0 Å². The standard InChI is InChI=1S/C15H14FN5O/c1-9-13-14(18-19-15(13)21(2)20-9)17-12(22)8-5-10-3-6-11(16)7-4-10/h3-8H,1-2H3,(H2,17,18,19,22). The SMILES string of the molecule is Cc1nn(C)c2n[nH]c(NC(=O)C=Cc3ccc(F)cc3)c12. The fourth-order valence-electron chi connectivity index (χ4n) is 2.23. The Morgan fingerprint density at radius 3 is 2.82 bits per heavy atom. The van der Waals surface area contributed by atoms with Gasteiger partial charge in [-0.3, -0.25) is 9.89 Å². The highest BCUT2D eigenvalue weighted by molar-refractivity contribution is 6.06. The number of hydrogen-bond acceptors (Lipinski definition) is 3. The van der Waals surface area contributed by atoms with E-state index < -0.39 is 0 Å². The fraction of sp³-hybridized carbons (Fsp3) is 0.133. The average molecular weight is 299 g/mol. The summed E-state index contributed by atoms with van der Waals surface area (Å²) in [6.07, 6.45) is 2.99. The van der Waals surface area contributed by atoms with E-state index in [2.05, 4.69) is 20.6 Å². The van der Waals surface area contributed by atoms with Crippen molar-refractivity contribution in [1.29, 1.82) is 0 Å². The van der Waals surface area contributed by atoms with Gasteiger partial charge >= 0.3 is 0 Å². The first-order valence-corrected chi connectivity index (χ1v) is 6.67. The van der Waals surface area contributed by atoms with Gasteiger partial charge in [0.1, 0.15) is 11.6 Å². The maximum atomic E-state index is 12.8. The Balaban J connectivity index is 1.77. The molecule has 1 amide bonds. The van der Waals surface area contributed by atoms with Crippen molar-refractivity contribution >= 4 is 28.8 Å². The van der Waals surface area contributed by atoms with Gasteiger partial charge in [0, 0.05) is 13.1 Å². The number of aryl methyl sites for hydroxylation is 2. The number of carbonyl (C=O) groups excluding carboxylic acids is 1. The van der Waals surface area contributed by atoms with Crippen LogP contribution in [-0.2, 0) is 11.8 Å². The van der Waals surface area contributed by atoms with Crippen molar-refractivity contribution in [1.82, 2.24) is 20.0 Å². The van der Waals surface area contributed by atoms with Gasteiger partial charge in [0.05, 0.1) is 11.1 Å². The van der Waals surface area contributed by atoms with Crippen molar-refractivity contribution in [2.24, 2.45) is 7.05 Å².